The zero-order valence-electron chi connectivity index (χ0n) is 24.3. The number of hydrogen-bond donors (Lipinski definition) is 1. The second-order valence-electron chi connectivity index (χ2n) is 10.9. The van der Waals surface area contributed by atoms with Gasteiger partial charge in [0.05, 0.1) is 0 Å². The second kappa shape index (κ2) is 12.7. The van der Waals surface area contributed by atoms with Gasteiger partial charge in [0, 0.05) is 45.9 Å². The molecular formula is C39H37N3. The molecule has 0 saturated carbocycles. The van der Waals surface area contributed by atoms with Crippen LogP contribution in [0.4, 0.5) is 28.4 Å². The minimum Gasteiger partial charge on any atom is -0.379 e. The number of nitrogens with one attached hydrogen (secondary N) is 1. The first-order valence-corrected chi connectivity index (χ1v) is 14.7. The van der Waals surface area contributed by atoms with Gasteiger partial charge in [-0.05, 0) is 111 Å². The largest absolute Gasteiger partial charge is 0.379 e. The van der Waals surface area contributed by atoms with Crippen molar-refractivity contribution in [2.75, 3.05) is 15.1 Å². The predicted octanol–water partition coefficient (Wildman–Crippen LogP) is 10.4. The normalized spacial score (nSPS) is 16.1. The summed E-state index contributed by atoms with van der Waals surface area (Å²) in [4.78, 5) is 4.67. The first-order chi connectivity index (χ1) is 20.6. The molecule has 1 unspecified atom stereocenters. The summed E-state index contributed by atoms with van der Waals surface area (Å²) in [6.07, 6.45) is 17.7. The van der Waals surface area contributed by atoms with E-state index >= 15 is 0 Å². The fraction of sp³-hybridized carbons (Fsp3) is 0.128. The minimum absolute atomic E-state index is 0.223. The number of nitrogens with zero attached hydrogens (tertiary/aromatic N) is 2. The molecule has 0 bridgehead atoms. The van der Waals surface area contributed by atoms with Gasteiger partial charge in [0.1, 0.15) is 0 Å². The van der Waals surface area contributed by atoms with E-state index in [1.165, 1.54) is 28.2 Å². The van der Waals surface area contributed by atoms with Gasteiger partial charge >= 0.3 is 0 Å². The summed E-state index contributed by atoms with van der Waals surface area (Å²) < 4.78 is 0. The highest BCUT2D eigenvalue weighted by Gasteiger charge is 2.19. The van der Waals surface area contributed by atoms with Gasteiger partial charge in [-0.3, -0.25) is 0 Å². The minimum atomic E-state index is 0.223. The van der Waals surface area contributed by atoms with Crippen molar-refractivity contribution in [1.29, 1.82) is 0 Å². The smallest absolute Gasteiger partial charge is 0.0483 e. The SMILES string of the molecule is CC1=CC(N(C2=CCC(Nc3ccc(N(c4ccccc4)c4cccc(C)c4)cc3)C=C2)c2ccccc2)=CCC=C1. The Balaban J connectivity index is 1.19. The first-order valence-electron chi connectivity index (χ1n) is 14.7. The van der Waals surface area contributed by atoms with E-state index in [-0.39, 0.29) is 6.04 Å². The zero-order chi connectivity index (χ0) is 28.7. The van der Waals surface area contributed by atoms with E-state index in [0.717, 1.165) is 35.6 Å². The standard InChI is InChI=1S/C39H37N3/c1-30-12-9-10-18-38(28-30)41(34-14-5-3-6-15-34)36-24-20-32(21-25-36)40-33-22-26-37(27-23-33)42(35-16-7-4-8-17-35)39-19-11-13-31(2)29-39/h3-9,11-20,22-29,32,40H,10,21H2,1-2H3. The highest BCUT2D eigenvalue weighted by Crippen LogP contribution is 2.36. The van der Waals surface area contributed by atoms with E-state index in [1.54, 1.807) is 0 Å². The molecule has 0 heterocycles. The molecule has 0 amide bonds. The highest BCUT2D eigenvalue weighted by atomic mass is 15.2. The van der Waals surface area contributed by atoms with Crippen LogP contribution in [0, 0.1) is 6.92 Å². The number of anilines is 5. The van der Waals surface area contributed by atoms with Crippen molar-refractivity contribution in [3.63, 3.8) is 0 Å². The maximum absolute atomic E-state index is 3.73. The molecule has 1 atom stereocenters. The van der Waals surface area contributed by atoms with Crippen molar-refractivity contribution in [1.82, 2.24) is 0 Å². The van der Waals surface area contributed by atoms with E-state index in [0.29, 0.717) is 0 Å². The lowest BCUT2D eigenvalue weighted by Crippen LogP contribution is -2.25. The Morgan fingerprint density at radius 1 is 0.619 bits per heavy atom. The zero-order valence-corrected chi connectivity index (χ0v) is 24.3. The Hall–Kier alpha value is -5.02. The van der Waals surface area contributed by atoms with E-state index in [2.05, 4.69) is 181 Å². The molecule has 0 spiro atoms. The third kappa shape index (κ3) is 6.31. The molecule has 2 aliphatic carbocycles. The Morgan fingerprint density at radius 3 is 1.95 bits per heavy atom. The Kier molecular flexibility index (Phi) is 8.19. The molecule has 2 aliphatic rings. The average Bonchev–Trinajstić information content (AvgIpc) is 3.24. The van der Waals surface area contributed by atoms with Crippen molar-refractivity contribution in [3.8, 4) is 0 Å². The summed E-state index contributed by atoms with van der Waals surface area (Å²) in [6.45, 7) is 4.30. The lowest BCUT2D eigenvalue weighted by molar-refractivity contribution is 0.865. The van der Waals surface area contributed by atoms with Crippen LogP contribution < -0.4 is 15.1 Å². The van der Waals surface area contributed by atoms with Crippen LogP contribution in [0.2, 0.25) is 0 Å². The van der Waals surface area contributed by atoms with Crippen molar-refractivity contribution in [2.45, 2.75) is 32.7 Å². The van der Waals surface area contributed by atoms with Crippen molar-refractivity contribution >= 4 is 28.4 Å². The van der Waals surface area contributed by atoms with Gasteiger partial charge in [-0.15, -0.1) is 0 Å². The molecule has 0 aromatic heterocycles. The van der Waals surface area contributed by atoms with Crippen LogP contribution in [0.1, 0.15) is 25.3 Å². The molecule has 0 aliphatic heterocycles. The Labute approximate surface area is 250 Å². The number of rotatable bonds is 8. The molecule has 1 N–H and O–H groups in total. The third-order valence-electron chi connectivity index (χ3n) is 7.58. The molecular weight excluding hydrogens is 510 g/mol. The summed E-state index contributed by atoms with van der Waals surface area (Å²) in [5, 5.41) is 3.73. The number of aryl methyl sites for hydroxylation is 1. The second-order valence-corrected chi connectivity index (χ2v) is 10.9. The molecule has 208 valence electrons. The molecule has 3 nitrogen and oxygen atoms in total. The highest BCUT2D eigenvalue weighted by molar-refractivity contribution is 5.77. The third-order valence-corrected chi connectivity index (χ3v) is 7.58. The van der Waals surface area contributed by atoms with Crippen molar-refractivity contribution in [2.24, 2.45) is 0 Å². The van der Waals surface area contributed by atoms with Crippen molar-refractivity contribution in [3.05, 3.63) is 174 Å². The Morgan fingerprint density at radius 2 is 1.29 bits per heavy atom. The molecule has 42 heavy (non-hydrogen) atoms. The summed E-state index contributed by atoms with van der Waals surface area (Å²) in [5.74, 6) is 0. The van der Waals surface area contributed by atoms with Gasteiger partial charge in [0.2, 0.25) is 0 Å². The van der Waals surface area contributed by atoms with Crippen LogP contribution >= 0.6 is 0 Å². The fourth-order valence-corrected chi connectivity index (χ4v) is 5.56. The van der Waals surface area contributed by atoms with Gasteiger partial charge in [0.25, 0.3) is 0 Å². The molecule has 3 heteroatoms. The van der Waals surface area contributed by atoms with E-state index in [9.17, 15) is 0 Å². The number of para-hydroxylation sites is 2. The first kappa shape index (κ1) is 27.2. The van der Waals surface area contributed by atoms with E-state index < -0.39 is 0 Å². The van der Waals surface area contributed by atoms with Gasteiger partial charge < -0.3 is 15.1 Å². The van der Waals surface area contributed by atoms with Gasteiger partial charge in [-0.2, -0.15) is 0 Å². The summed E-state index contributed by atoms with van der Waals surface area (Å²) in [6, 6.07) is 38.8. The molecule has 4 aromatic carbocycles. The summed E-state index contributed by atoms with van der Waals surface area (Å²) in [5.41, 5.74) is 10.6. The number of hydrogen-bond acceptors (Lipinski definition) is 3. The lowest BCUT2D eigenvalue weighted by Gasteiger charge is -2.30. The Bertz CT molecular complexity index is 1660. The molecule has 6 rings (SSSR count). The van der Waals surface area contributed by atoms with Crippen LogP contribution in [0.15, 0.2) is 169 Å². The number of benzene rings is 4. The topological polar surface area (TPSA) is 18.5 Å². The maximum atomic E-state index is 3.73. The van der Waals surface area contributed by atoms with Gasteiger partial charge in [-0.25, -0.2) is 0 Å². The lowest BCUT2D eigenvalue weighted by atomic mass is 10.0. The monoisotopic (exact) mass is 547 g/mol. The summed E-state index contributed by atoms with van der Waals surface area (Å²) in [7, 11) is 0. The van der Waals surface area contributed by atoms with Gasteiger partial charge in [-0.1, -0.05) is 78.9 Å². The predicted molar refractivity (Wildman–Crippen MR) is 180 cm³/mol. The summed E-state index contributed by atoms with van der Waals surface area (Å²) >= 11 is 0. The quantitative estimate of drug-likeness (QED) is 0.237. The maximum Gasteiger partial charge on any atom is 0.0483 e. The average molecular weight is 548 g/mol. The van der Waals surface area contributed by atoms with Crippen LogP contribution in [0.3, 0.4) is 0 Å². The van der Waals surface area contributed by atoms with E-state index in [1.807, 2.05) is 0 Å². The molecule has 0 radical (unpaired) electrons. The van der Waals surface area contributed by atoms with E-state index in [4.69, 9.17) is 0 Å². The van der Waals surface area contributed by atoms with Crippen LogP contribution in [0.5, 0.6) is 0 Å². The molecule has 4 aromatic rings. The van der Waals surface area contributed by atoms with Gasteiger partial charge in [0.15, 0.2) is 0 Å². The van der Waals surface area contributed by atoms with Crippen LogP contribution in [-0.2, 0) is 0 Å². The van der Waals surface area contributed by atoms with Crippen LogP contribution in [-0.4, -0.2) is 6.04 Å². The number of allylic oxidation sites excluding steroid dienone is 6. The fourth-order valence-electron chi connectivity index (χ4n) is 5.56. The van der Waals surface area contributed by atoms with Crippen LogP contribution in [0.25, 0.3) is 0 Å². The molecule has 0 saturated heterocycles. The molecule has 0 fully saturated rings. The van der Waals surface area contributed by atoms with Crippen molar-refractivity contribution < 1.29 is 0 Å².